The second kappa shape index (κ2) is 5.32. The van der Waals surface area contributed by atoms with E-state index >= 15 is 0 Å². The molecule has 1 aromatic heterocycles. The van der Waals surface area contributed by atoms with Crippen molar-refractivity contribution in [3.05, 3.63) is 4.88 Å². The van der Waals surface area contributed by atoms with Crippen LogP contribution in [0.3, 0.4) is 0 Å². The Morgan fingerprint density at radius 3 is 2.67 bits per heavy atom. The molecule has 15 heavy (non-hydrogen) atoms. The lowest BCUT2D eigenvalue weighted by atomic mass is 10.2. The molecule has 0 aliphatic rings. The fourth-order valence-electron chi connectivity index (χ4n) is 1.17. The first-order valence-electron chi connectivity index (χ1n) is 4.93. The van der Waals surface area contributed by atoms with E-state index in [4.69, 9.17) is 4.74 Å². The number of aliphatic hydroxyl groups is 1. The maximum absolute atomic E-state index is 9.23. The summed E-state index contributed by atoms with van der Waals surface area (Å²) in [5.41, 5.74) is 0. The number of aryl methyl sites for hydroxylation is 1. The number of rotatable bonds is 5. The first-order chi connectivity index (χ1) is 7.04. The van der Waals surface area contributed by atoms with Gasteiger partial charge in [-0.1, -0.05) is 11.3 Å². The Bertz CT molecular complexity index is 310. The molecule has 0 aliphatic carbocycles. The highest BCUT2D eigenvalue weighted by molar-refractivity contribution is 7.15. The first-order valence-corrected chi connectivity index (χ1v) is 5.75. The predicted octanol–water partition coefficient (Wildman–Crippen LogP) is 1.53. The van der Waals surface area contributed by atoms with Crippen LogP contribution in [0.25, 0.3) is 0 Å². The molecular weight excluding hydrogens is 212 g/mol. The fraction of sp³-hybridized carbons (Fsp3) is 0.700. The lowest BCUT2D eigenvalue weighted by Gasteiger charge is -2.05. The quantitative estimate of drug-likeness (QED) is 0.833. The predicted molar refractivity (Wildman–Crippen MR) is 63.0 cm³/mol. The molecule has 1 heterocycles. The number of thiazole rings is 1. The third-order valence-corrected chi connectivity index (χ3v) is 3.28. The molecule has 0 bridgehead atoms. The number of hydrogen-bond acceptors (Lipinski definition) is 5. The largest absolute Gasteiger partial charge is 0.480 e. The molecule has 0 spiro atoms. The van der Waals surface area contributed by atoms with Gasteiger partial charge >= 0.3 is 0 Å². The molecule has 0 saturated heterocycles. The van der Waals surface area contributed by atoms with Gasteiger partial charge in [-0.2, -0.15) is 4.98 Å². The third kappa shape index (κ3) is 3.35. The molecule has 0 radical (unpaired) electrons. The molecule has 1 rings (SSSR count). The maximum atomic E-state index is 9.23. The number of nitrogens with zero attached hydrogens (tertiary/aromatic N) is 2. The normalized spacial score (nSPS) is 12.6. The van der Waals surface area contributed by atoms with E-state index < -0.39 is 0 Å². The van der Waals surface area contributed by atoms with Crippen molar-refractivity contribution in [1.29, 1.82) is 0 Å². The zero-order valence-electron chi connectivity index (χ0n) is 9.65. The zero-order chi connectivity index (χ0) is 11.4. The second-order valence-corrected chi connectivity index (χ2v) is 4.77. The summed E-state index contributed by atoms with van der Waals surface area (Å²) in [7, 11) is 5.54. The van der Waals surface area contributed by atoms with Crippen molar-refractivity contribution < 1.29 is 9.84 Å². The van der Waals surface area contributed by atoms with Crippen molar-refractivity contribution in [1.82, 2.24) is 4.98 Å². The molecule has 0 saturated carbocycles. The van der Waals surface area contributed by atoms with Crippen molar-refractivity contribution in [3.8, 4) is 5.88 Å². The van der Waals surface area contributed by atoms with E-state index in [1.807, 2.05) is 19.0 Å². The van der Waals surface area contributed by atoms with E-state index in [2.05, 4.69) is 4.98 Å². The van der Waals surface area contributed by atoms with Gasteiger partial charge < -0.3 is 14.7 Å². The van der Waals surface area contributed by atoms with Crippen molar-refractivity contribution in [2.24, 2.45) is 0 Å². The molecule has 4 nitrogen and oxygen atoms in total. The summed E-state index contributed by atoms with van der Waals surface area (Å²) >= 11 is 1.61. The number of methoxy groups -OCH3 is 1. The summed E-state index contributed by atoms with van der Waals surface area (Å²) in [5.74, 6) is 0.685. The van der Waals surface area contributed by atoms with Gasteiger partial charge in [0, 0.05) is 14.1 Å². The Morgan fingerprint density at radius 1 is 1.53 bits per heavy atom. The number of anilines is 1. The van der Waals surface area contributed by atoms with Crippen molar-refractivity contribution in [3.63, 3.8) is 0 Å². The highest BCUT2D eigenvalue weighted by Crippen LogP contribution is 2.31. The average Bonchev–Trinajstić information content (AvgIpc) is 2.57. The van der Waals surface area contributed by atoms with Gasteiger partial charge in [-0.05, 0) is 19.8 Å². The van der Waals surface area contributed by atoms with Crippen molar-refractivity contribution >= 4 is 16.5 Å². The molecule has 0 amide bonds. The van der Waals surface area contributed by atoms with Crippen LogP contribution in [0.15, 0.2) is 0 Å². The van der Waals surface area contributed by atoms with Crippen molar-refractivity contribution in [2.45, 2.75) is 25.9 Å². The molecule has 0 unspecified atom stereocenters. The summed E-state index contributed by atoms with van der Waals surface area (Å²) in [6.45, 7) is 1.79. The molecule has 0 fully saturated rings. The number of aromatic nitrogens is 1. The van der Waals surface area contributed by atoms with E-state index in [-0.39, 0.29) is 6.10 Å². The van der Waals surface area contributed by atoms with Crippen LogP contribution in [0.1, 0.15) is 18.2 Å². The number of aliphatic hydroxyl groups excluding tert-OH is 1. The minimum Gasteiger partial charge on any atom is -0.480 e. The summed E-state index contributed by atoms with van der Waals surface area (Å²) in [6, 6.07) is 0. The van der Waals surface area contributed by atoms with Gasteiger partial charge in [-0.15, -0.1) is 0 Å². The summed E-state index contributed by atoms with van der Waals surface area (Å²) < 4.78 is 5.20. The summed E-state index contributed by atoms with van der Waals surface area (Å²) in [5, 5.41) is 10.2. The smallest absolute Gasteiger partial charge is 0.229 e. The summed E-state index contributed by atoms with van der Waals surface area (Å²) in [4.78, 5) is 7.40. The SMILES string of the molecule is COc1nc(N(C)C)sc1CC[C@@H](C)O. The number of ether oxygens (including phenoxy) is 1. The molecule has 0 aromatic carbocycles. The van der Waals surface area contributed by atoms with Gasteiger partial charge in [0.2, 0.25) is 5.88 Å². The van der Waals surface area contributed by atoms with E-state index in [1.165, 1.54) is 0 Å². The Hall–Kier alpha value is -0.810. The summed E-state index contributed by atoms with van der Waals surface area (Å²) in [6.07, 6.45) is 1.28. The molecule has 1 aromatic rings. The molecular formula is C10H18N2O2S. The van der Waals surface area contributed by atoms with Crippen LogP contribution < -0.4 is 9.64 Å². The highest BCUT2D eigenvalue weighted by atomic mass is 32.1. The van der Waals surface area contributed by atoms with Crippen LogP contribution in [-0.4, -0.2) is 37.4 Å². The Labute approximate surface area is 94.5 Å². The van der Waals surface area contributed by atoms with E-state index in [0.29, 0.717) is 5.88 Å². The number of hydrogen-bond donors (Lipinski definition) is 1. The average molecular weight is 230 g/mol. The van der Waals surface area contributed by atoms with E-state index in [1.54, 1.807) is 25.4 Å². The van der Waals surface area contributed by atoms with Crippen LogP contribution in [0.2, 0.25) is 0 Å². The van der Waals surface area contributed by atoms with Gasteiger partial charge in [-0.3, -0.25) is 0 Å². The monoisotopic (exact) mass is 230 g/mol. The topological polar surface area (TPSA) is 45.6 Å². The molecule has 5 heteroatoms. The fourth-order valence-corrected chi connectivity index (χ4v) is 2.14. The van der Waals surface area contributed by atoms with Gasteiger partial charge in [0.05, 0.1) is 18.1 Å². The second-order valence-electron chi connectivity index (χ2n) is 3.71. The van der Waals surface area contributed by atoms with Crippen LogP contribution in [0.4, 0.5) is 5.13 Å². The Balaban J connectivity index is 2.76. The maximum Gasteiger partial charge on any atom is 0.229 e. The van der Waals surface area contributed by atoms with E-state index in [0.717, 1.165) is 22.9 Å². The van der Waals surface area contributed by atoms with Crippen LogP contribution >= 0.6 is 11.3 Å². The first kappa shape index (κ1) is 12.3. The third-order valence-electron chi connectivity index (χ3n) is 2.02. The van der Waals surface area contributed by atoms with Crippen LogP contribution in [0, 0.1) is 0 Å². The van der Waals surface area contributed by atoms with Gasteiger partial charge in [0.1, 0.15) is 0 Å². The van der Waals surface area contributed by atoms with Crippen LogP contribution in [0.5, 0.6) is 5.88 Å². The standard InChI is InChI=1S/C10H18N2O2S/c1-7(13)5-6-8-9(14-4)11-10(15-8)12(2)3/h7,13H,5-6H2,1-4H3/t7-/m1/s1. The molecule has 0 aliphatic heterocycles. The molecule has 86 valence electrons. The lowest BCUT2D eigenvalue weighted by Crippen LogP contribution is -2.07. The highest BCUT2D eigenvalue weighted by Gasteiger charge is 2.13. The molecule has 1 N–H and O–H groups in total. The van der Waals surface area contributed by atoms with Gasteiger partial charge in [-0.25, -0.2) is 0 Å². The zero-order valence-corrected chi connectivity index (χ0v) is 10.5. The minimum atomic E-state index is -0.278. The van der Waals surface area contributed by atoms with E-state index in [9.17, 15) is 5.11 Å². The molecule has 1 atom stereocenters. The van der Waals surface area contributed by atoms with Crippen molar-refractivity contribution in [2.75, 3.05) is 26.1 Å². The Kier molecular flexibility index (Phi) is 4.35. The minimum absolute atomic E-state index is 0.278. The van der Waals surface area contributed by atoms with Gasteiger partial charge in [0.15, 0.2) is 5.13 Å². The van der Waals surface area contributed by atoms with Crippen LogP contribution in [-0.2, 0) is 6.42 Å². The lowest BCUT2D eigenvalue weighted by molar-refractivity contribution is 0.185. The van der Waals surface area contributed by atoms with Gasteiger partial charge in [0.25, 0.3) is 0 Å². The Morgan fingerprint density at radius 2 is 2.20 bits per heavy atom.